The van der Waals surface area contributed by atoms with E-state index >= 15 is 0 Å². The van der Waals surface area contributed by atoms with Crippen LogP contribution in [0, 0.1) is 0 Å². The lowest BCUT2D eigenvalue weighted by molar-refractivity contribution is -0.141. The predicted molar refractivity (Wildman–Crippen MR) is 59.7 cm³/mol. The number of nitrogens with one attached hydrogen (secondary N) is 2. The fourth-order valence-corrected chi connectivity index (χ4v) is 1.73. The van der Waals surface area contributed by atoms with Crippen LogP contribution in [0.1, 0.15) is 6.42 Å². The number of aliphatic carboxylic acids is 1. The normalized spacial score (nSPS) is 22.6. The van der Waals surface area contributed by atoms with E-state index in [2.05, 4.69) is 10.6 Å². The number of carboxylic acids is 1. The van der Waals surface area contributed by atoms with E-state index in [0.717, 1.165) is 4.90 Å². The first-order valence-corrected chi connectivity index (χ1v) is 5.40. The Morgan fingerprint density at radius 2 is 1.89 bits per heavy atom. The van der Waals surface area contributed by atoms with Gasteiger partial charge in [-0.15, -0.1) is 0 Å². The lowest BCUT2D eigenvalue weighted by Crippen LogP contribution is -2.48. The third kappa shape index (κ3) is 3.77. The number of carboxylic acid groups (broad SMARTS) is 1. The molecule has 0 radical (unpaired) electrons. The molecule has 2 unspecified atom stereocenters. The molecule has 0 aromatic rings. The molecule has 102 valence electrons. The minimum absolute atomic E-state index is 0.0162. The molecule has 1 saturated heterocycles. The Hall–Kier alpha value is -2.03. The molecule has 1 aliphatic heterocycles. The van der Waals surface area contributed by atoms with E-state index in [4.69, 9.17) is 10.8 Å². The standard InChI is InChI=1S/C9H16N4O5/c10-8(17)11-1-2-12-9(18)13-4-5(14)3-6(13)7(15)16/h5-6,14H,1-4H2,(H,12,18)(H,15,16)(H3,10,11,17). The topological polar surface area (TPSA) is 145 Å². The maximum Gasteiger partial charge on any atom is 0.326 e. The Morgan fingerprint density at radius 3 is 2.44 bits per heavy atom. The van der Waals surface area contributed by atoms with Gasteiger partial charge in [-0.25, -0.2) is 14.4 Å². The molecule has 6 N–H and O–H groups in total. The van der Waals surface area contributed by atoms with Gasteiger partial charge in [0.05, 0.1) is 6.10 Å². The Labute approximate surface area is 103 Å². The number of carbonyl (C=O) groups excluding carboxylic acids is 2. The van der Waals surface area contributed by atoms with Gasteiger partial charge in [-0.2, -0.15) is 0 Å². The van der Waals surface area contributed by atoms with Crippen LogP contribution in [0.3, 0.4) is 0 Å². The molecule has 1 rings (SSSR count). The maximum atomic E-state index is 11.6. The molecule has 0 spiro atoms. The van der Waals surface area contributed by atoms with Crippen LogP contribution in [0.25, 0.3) is 0 Å². The average Bonchev–Trinajstić information content (AvgIpc) is 2.66. The van der Waals surface area contributed by atoms with Gasteiger partial charge in [0, 0.05) is 26.1 Å². The van der Waals surface area contributed by atoms with Crippen molar-refractivity contribution in [1.82, 2.24) is 15.5 Å². The van der Waals surface area contributed by atoms with Crippen molar-refractivity contribution in [2.75, 3.05) is 19.6 Å². The van der Waals surface area contributed by atoms with Crippen molar-refractivity contribution in [2.45, 2.75) is 18.6 Å². The summed E-state index contributed by atoms with van der Waals surface area (Å²) in [5.74, 6) is -1.16. The summed E-state index contributed by atoms with van der Waals surface area (Å²) >= 11 is 0. The summed E-state index contributed by atoms with van der Waals surface area (Å²) in [7, 11) is 0. The van der Waals surface area contributed by atoms with E-state index in [9.17, 15) is 19.5 Å². The Bertz CT molecular complexity index is 348. The fraction of sp³-hybridized carbons (Fsp3) is 0.667. The SMILES string of the molecule is NC(=O)NCCNC(=O)N1CC(O)CC1C(=O)O. The van der Waals surface area contributed by atoms with Crippen molar-refractivity contribution in [3.05, 3.63) is 0 Å². The zero-order valence-corrected chi connectivity index (χ0v) is 9.63. The molecule has 18 heavy (non-hydrogen) atoms. The second-order valence-electron chi connectivity index (χ2n) is 3.92. The van der Waals surface area contributed by atoms with Gasteiger partial charge >= 0.3 is 18.0 Å². The van der Waals surface area contributed by atoms with Crippen LogP contribution >= 0.6 is 0 Å². The van der Waals surface area contributed by atoms with Crippen molar-refractivity contribution in [3.8, 4) is 0 Å². The molecule has 1 heterocycles. The van der Waals surface area contributed by atoms with Crippen molar-refractivity contribution in [2.24, 2.45) is 5.73 Å². The molecular weight excluding hydrogens is 244 g/mol. The minimum Gasteiger partial charge on any atom is -0.480 e. The van der Waals surface area contributed by atoms with E-state index in [1.165, 1.54) is 0 Å². The molecule has 9 nitrogen and oxygen atoms in total. The van der Waals surface area contributed by atoms with Crippen LogP contribution in [-0.2, 0) is 4.79 Å². The number of likely N-dealkylation sites (tertiary alicyclic amines) is 1. The molecule has 0 aromatic carbocycles. The molecule has 0 aliphatic carbocycles. The smallest absolute Gasteiger partial charge is 0.326 e. The number of amides is 4. The van der Waals surface area contributed by atoms with Crippen molar-refractivity contribution in [1.29, 1.82) is 0 Å². The number of urea groups is 2. The van der Waals surface area contributed by atoms with Crippen LogP contribution in [0.2, 0.25) is 0 Å². The van der Waals surface area contributed by atoms with E-state index in [1.807, 2.05) is 0 Å². The van der Waals surface area contributed by atoms with Crippen LogP contribution in [0.4, 0.5) is 9.59 Å². The van der Waals surface area contributed by atoms with Gasteiger partial charge in [0.25, 0.3) is 0 Å². The van der Waals surface area contributed by atoms with Crippen molar-refractivity contribution in [3.63, 3.8) is 0 Å². The number of carbonyl (C=O) groups is 3. The molecule has 2 atom stereocenters. The van der Waals surface area contributed by atoms with E-state index < -0.39 is 30.2 Å². The summed E-state index contributed by atoms with van der Waals surface area (Å²) in [6.07, 6.45) is -0.817. The highest BCUT2D eigenvalue weighted by atomic mass is 16.4. The van der Waals surface area contributed by atoms with Crippen LogP contribution in [0.5, 0.6) is 0 Å². The van der Waals surface area contributed by atoms with Gasteiger partial charge in [-0.05, 0) is 0 Å². The number of hydrogen-bond donors (Lipinski definition) is 5. The molecule has 0 bridgehead atoms. The summed E-state index contributed by atoms with van der Waals surface area (Å²) in [5, 5.41) is 22.9. The molecule has 4 amide bonds. The summed E-state index contributed by atoms with van der Waals surface area (Å²) in [6.45, 7) is 0.252. The molecule has 1 aliphatic rings. The third-order valence-corrected chi connectivity index (χ3v) is 2.53. The first-order valence-electron chi connectivity index (χ1n) is 5.40. The first-order chi connectivity index (χ1) is 8.41. The monoisotopic (exact) mass is 260 g/mol. The second-order valence-corrected chi connectivity index (χ2v) is 3.92. The van der Waals surface area contributed by atoms with Gasteiger partial charge in [0.1, 0.15) is 6.04 Å². The first kappa shape index (κ1) is 14.0. The number of nitrogens with zero attached hydrogens (tertiary/aromatic N) is 1. The maximum absolute atomic E-state index is 11.6. The van der Waals surface area contributed by atoms with Crippen molar-refractivity contribution >= 4 is 18.0 Å². The number of hydrogen-bond acceptors (Lipinski definition) is 4. The summed E-state index contributed by atoms with van der Waals surface area (Å²) in [4.78, 5) is 33.9. The van der Waals surface area contributed by atoms with Gasteiger partial charge in [0.2, 0.25) is 0 Å². The Morgan fingerprint density at radius 1 is 1.28 bits per heavy atom. The summed E-state index contributed by atoms with van der Waals surface area (Å²) < 4.78 is 0. The lowest BCUT2D eigenvalue weighted by Gasteiger charge is -2.21. The highest BCUT2D eigenvalue weighted by Crippen LogP contribution is 2.17. The number of nitrogens with two attached hydrogens (primary N) is 1. The van der Waals surface area contributed by atoms with Gasteiger partial charge in [0.15, 0.2) is 0 Å². The van der Waals surface area contributed by atoms with Gasteiger partial charge in [-0.1, -0.05) is 0 Å². The number of primary amides is 1. The summed E-state index contributed by atoms with van der Waals surface area (Å²) in [5.41, 5.74) is 4.83. The van der Waals surface area contributed by atoms with E-state index in [0.29, 0.717) is 0 Å². The molecule has 0 saturated carbocycles. The zero-order chi connectivity index (χ0) is 13.7. The van der Waals surface area contributed by atoms with E-state index in [1.54, 1.807) is 0 Å². The highest BCUT2D eigenvalue weighted by Gasteiger charge is 2.38. The summed E-state index contributed by atoms with van der Waals surface area (Å²) in [6, 6.07) is -2.32. The Kier molecular flexibility index (Phi) is 4.72. The second kappa shape index (κ2) is 6.05. The quantitative estimate of drug-likeness (QED) is 0.367. The largest absolute Gasteiger partial charge is 0.480 e. The molecule has 9 heteroatoms. The molecule has 0 aromatic heterocycles. The number of rotatable bonds is 4. The van der Waals surface area contributed by atoms with Crippen LogP contribution in [0.15, 0.2) is 0 Å². The number of aliphatic hydroxyl groups excluding tert-OH is 1. The number of β-amino-alcohol motifs (C(OH)–C–C–N with tert-alkyl or cyclic N) is 1. The minimum atomic E-state index is -1.16. The Balaban J connectivity index is 2.40. The van der Waals surface area contributed by atoms with Gasteiger partial charge in [-0.3, -0.25) is 0 Å². The number of aliphatic hydroxyl groups is 1. The lowest BCUT2D eigenvalue weighted by atomic mass is 10.2. The zero-order valence-electron chi connectivity index (χ0n) is 9.63. The molecule has 1 fully saturated rings. The van der Waals surface area contributed by atoms with E-state index in [-0.39, 0.29) is 26.1 Å². The third-order valence-electron chi connectivity index (χ3n) is 2.53. The van der Waals surface area contributed by atoms with Crippen molar-refractivity contribution < 1.29 is 24.6 Å². The predicted octanol–water partition coefficient (Wildman–Crippen LogP) is -2.12. The average molecular weight is 260 g/mol. The van der Waals surface area contributed by atoms with Crippen LogP contribution in [-0.4, -0.2) is 64.9 Å². The van der Waals surface area contributed by atoms with Gasteiger partial charge < -0.3 is 31.5 Å². The fourth-order valence-electron chi connectivity index (χ4n) is 1.73. The molecular formula is C9H16N4O5. The highest BCUT2D eigenvalue weighted by molar-refractivity contribution is 5.83. The van der Waals surface area contributed by atoms with Crippen LogP contribution < -0.4 is 16.4 Å².